The van der Waals surface area contributed by atoms with Crippen LogP contribution in [-0.2, 0) is 9.53 Å². The normalized spacial score (nSPS) is 23.8. The first-order chi connectivity index (χ1) is 10.5. The van der Waals surface area contributed by atoms with Gasteiger partial charge in [0.1, 0.15) is 11.9 Å². The van der Waals surface area contributed by atoms with Gasteiger partial charge in [-0.05, 0) is 38.3 Å². The molecule has 2 atom stereocenters. The molecule has 22 heavy (non-hydrogen) atoms. The van der Waals surface area contributed by atoms with Crippen molar-refractivity contribution in [2.24, 2.45) is 5.92 Å². The maximum atomic E-state index is 12.4. The van der Waals surface area contributed by atoms with Gasteiger partial charge in [0.05, 0.1) is 5.92 Å². The van der Waals surface area contributed by atoms with E-state index in [9.17, 15) is 10.0 Å². The Hall–Kier alpha value is -2.08. The van der Waals surface area contributed by atoms with Gasteiger partial charge in [-0.25, -0.2) is 0 Å². The molecule has 118 valence electrons. The van der Waals surface area contributed by atoms with Crippen LogP contribution in [0.4, 0.5) is 0 Å². The lowest BCUT2D eigenvalue weighted by Crippen LogP contribution is -2.27. The summed E-state index contributed by atoms with van der Waals surface area (Å²) in [5, 5.41) is 12.4. The lowest BCUT2D eigenvalue weighted by atomic mass is 9.90. The van der Waals surface area contributed by atoms with Gasteiger partial charge in [0.15, 0.2) is 5.70 Å². The number of nitrogens with zero attached hydrogens (tertiary/aromatic N) is 2. The quantitative estimate of drug-likeness (QED) is 0.478. The number of methoxy groups -OCH3 is 1. The molecule has 0 N–H and O–H groups in total. The van der Waals surface area contributed by atoms with Gasteiger partial charge in [-0.3, -0.25) is 9.36 Å². The predicted molar refractivity (Wildman–Crippen MR) is 80.7 cm³/mol. The van der Waals surface area contributed by atoms with E-state index in [2.05, 4.69) is 0 Å². The van der Waals surface area contributed by atoms with Crippen molar-refractivity contribution < 1.29 is 19.0 Å². The Morgan fingerprint density at radius 2 is 2.27 bits per heavy atom. The molecule has 1 aliphatic heterocycles. The first-order valence-corrected chi connectivity index (χ1v) is 7.47. The van der Waals surface area contributed by atoms with E-state index in [4.69, 9.17) is 9.47 Å². The lowest BCUT2D eigenvalue weighted by Gasteiger charge is -2.29. The number of aromatic nitrogens is 1. The van der Waals surface area contributed by atoms with Crippen LogP contribution in [-0.4, -0.2) is 28.6 Å². The average Bonchev–Trinajstić information content (AvgIpc) is 2.70. The fourth-order valence-electron chi connectivity index (χ4n) is 3.36. The van der Waals surface area contributed by atoms with Crippen LogP contribution >= 0.6 is 0 Å². The summed E-state index contributed by atoms with van der Waals surface area (Å²) in [5.74, 6) is 0.0159. The second kappa shape index (κ2) is 5.61. The number of carbonyl (C=O) groups is 1. The third-order valence-electron chi connectivity index (χ3n) is 4.24. The molecule has 2 unspecified atom stereocenters. The molecule has 0 radical (unpaired) electrons. The van der Waals surface area contributed by atoms with Crippen LogP contribution in [0.3, 0.4) is 0 Å². The third kappa shape index (κ3) is 2.33. The minimum absolute atomic E-state index is 0.0464. The van der Waals surface area contributed by atoms with Crippen LogP contribution in [0.15, 0.2) is 17.8 Å². The molecule has 3 rings (SSSR count). The smallest absolute Gasteiger partial charge is 0.309 e. The van der Waals surface area contributed by atoms with Crippen molar-refractivity contribution in [2.75, 3.05) is 7.11 Å². The van der Waals surface area contributed by atoms with Crippen molar-refractivity contribution >= 4 is 12.2 Å². The molecule has 0 amide bonds. The Morgan fingerprint density at radius 3 is 2.95 bits per heavy atom. The highest BCUT2D eigenvalue weighted by molar-refractivity contribution is 5.77. The van der Waals surface area contributed by atoms with E-state index in [0.717, 1.165) is 35.3 Å². The van der Waals surface area contributed by atoms with Gasteiger partial charge in [0.2, 0.25) is 12.1 Å². The van der Waals surface area contributed by atoms with Crippen molar-refractivity contribution in [3.8, 4) is 5.88 Å². The van der Waals surface area contributed by atoms with Crippen LogP contribution < -0.4 is 4.74 Å². The zero-order valence-electron chi connectivity index (χ0n) is 13.0. The molecule has 1 aromatic heterocycles. The van der Waals surface area contributed by atoms with Crippen molar-refractivity contribution in [3.05, 3.63) is 34.3 Å². The van der Waals surface area contributed by atoms with Crippen molar-refractivity contribution in [3.63, 3.8) is 0 Å². The van der Waals surface area contributed by atoms with Crippen LogP contribution in [0, 0.1) is 18.0 Å². The summed E-state index contributed by atoms with van der Waals surface area (Å²) >= 11 is 0. The Bertz CT molecular complexity index is 672. The van der Waals surface area contributed by atoms with Gasteiger partial charge in [-0.15, -0.1) is 0 Å². The summed E-state index contributed by atoms with van der Waals surface area (Å²) in [6.07, 6.45) is 5.94. The van der Waals surface area contributed by atoms with Gasteiger partial charge in [-0.1, -0.05) is 0 Å². The summed E-state index contributed by atoms with van der Waals surface area (Å²) in [5.41, 5.74) is 2.22. The molecule has 0 saturated carbocycles. The van der Waals surface area contributed by atoms with E-state index in [1.165, 1.54) is 13.1 Å². The molecular weight excluding hydrogens is 284 g/mol. The molecule has 6 nitrogen and oxygen atoms in total. The first-order valence-electron chi connectivity index (χ1n) is 7.47. The molecule has 0 aromatic carbocycles. The molecular formula is C16H20N2O4. The van der Waals surface area contributed by atoms with Crippen LogP contribution in [0.5, 0.6) is 5.88 Å². The summed E-state index contributed by atoms with van der Waals surface area (Å²) in [6.45, 7) is 3.22. The first kappa shape index (κ1) is 14.8. The van der Waals surface area contributed by atoms with Gasteiger partial charge < -0.3 is 14.7 Å². The lowest BCUT2D eigenvalue weighted by molar-refractivity contribution is -0.409. The van der Waals surface area contributed by atoms with Gasteiger partial charge in [-0.2, -0.15) is 4.74 Å². The fourth-order valence-corrected chi connectivity index (χ4v) is 3.36. The van der Waals surface area contributed by atoms with E-state index in [0.29, 0.717) is 11.6 Å². The van der Waals surface area contributed by atoms with Crippen molar-refractivity contribution in [1.82, 2.24) is 4.57 Å². The van der Waals surface area contributed by atoms with E-state index in [1.807, 2.05) is 23.6 Å². The molecule has 2 aliphatic rings. The molecule has 1 aromatic rings. The summed E-state index contributed by atoms with van der Waals surface area (Å²) in [6, 6.07) is 1.84. The highest BCUT2D eigenvalue weighted by Gasteiger charge is 2.39. The summed E-state index contributed by atoms with van der Waals surface area (Å²) < 4.78 is 13.8. The highest BCUT2D eigenvalue weighted by Crippen LogP contribution is 2.40. The summed E-state index contributed by atoms with van der Waals surface area (Å²) in [7, 11) is 1.62. The van der Waals surface area contributed by atoms with Crippen LogP contribution in [0.1, 0.15) is 43.7 Å². The van der Waals surface area contributed by atoms with E-state index in [1.54, 1.807) is 7.11 Å². The number of hydroxylamine groups is 1. The fraction of sp³-hybridized carbons (Fsp3) is 0.500. The number of ether oxygens (including phenoxy) is 2. The largest absolute Gasteiger partial charge is 0.618 e. The number of hydrogen-bond donors (Lipinski definition) is 0. The zero-order chi connectivity index (χ0) is 15.9. The number of hydrogen-bond acceptors (Lipinski definition) is 4. The average molecular weight is 304 g/mol. The molecule has 0 fully saturated rings. The Labute approximate surface area is 129 Å². The number of fused-ring (bicyclic) bond motifs is 2. The highest BCUT2D eigenvalue weighted by atomic mass is 16.6. The minimum Gasteiger partial charge on any atom is -0.618 e. The maximum absolute atomic E-state index is 12.4. The molecule has 0 saturated heterocycles. The predicted octanol–water partition coefficient (Wildman–Crippen LogP) is 2.49. The Morgan fingerprint density at radius 1 is 1.50 bits per heavy atom. The number of aryl methyl sites for hydroxylation is 1. The van der Waals surface area contributed by atoms with Gasteiger partial charge in [0, 0.05) is 19.6 Å². The SMILES string of the molecule is COC1C2CCCC=C2[N+]([O-])=Cc2cc(C)c(OC(C)=O)n21. The number of rotatable bonds is 2. The summed E-state index contributed by atoms with van der Waals surface area (Å²) in [4.78, 5) is 11.4. The molecule has 1 aliphatic carbocycles. The zero-order valence-corrected chi connectivity index (χ0v) is 13.0. The molecule has 0 spiro atoms. The molecule has 6 heteroatoms. The van der Waals surface area contributed by atoms with E-state index in [-0.39, 0.29) is 18.1 Å². The van der Waals surface area contributed by atoms with Crippen LogP contribution in [0.25, 0.3) is 0 Å². The number of allylic oxidation sites excluding steroid dienone is 1. The number of carbonyl (C=O) groups excluding carboxylic acids is 1. The van der Waals surface area contributed by atoms with E-state index >= 15 is 0 Å². The third-order valence-corrected chi connectivity index (χ3v) is 4.24. The van der Waals surface area contributed by atoms with Crippen LogP contribution in [0.2, 0.25) is 0 Å². The monoisotopic (exact) mass is 304 g/mol. The van der Waals surface area contributed by atoms with Gasteiger partial charge in [0.25, 0.3) is 0 Å². The second-order valence-electron chi connectivity index (χ2n) is 5.77. The van der Waals surface area contributed by atoms with Gasteiger partial charge >= 0.3 is 5.97 Å². The Balaban J connectivity index is 2.18. The van der Waals surface area contributed by atoms with Crippen molar-refractivity contribution in [2.45, 2.75) is 39.3 Å². The van der Waals surface area contributed by atoms with Crippen molar-refractivity contribution in [1.29, 1.82) is 0 Å². The topological polar surface area (TPSA) is 66.5 Å². The standard InChI is InChI=1S/C16H20N2O4/c1-10-8-12-9-17(20)14-7-5-4-6-13(14)16(21-3)18(12)15(10)22-11(2)19/h7-9,13,16H,4-6H2,1-3H3. The Kier molecular flexibility index (Phi) is 3.78. The minimum atomic E-state index is -0.388. The molecule has 2 heterocycles. The molecule has 0 bridgehead atoms. The number of esters is 1. The maximum Gasteiger partial charge on any atom is 0.309 e. The van der Waals surface area contributed by atoms with E-state index < -0.39 is 0 Å². The second-order valence-corrected chi connectivity index (χ2v) is 5.77.